The highest BCUT2D eigenvalue weighted by atomic mass is 35.5. The normalized spacial score (nSPS) is 11.9. The fourth-order valence-electron chi connectivity index (χ4n) is 2.75. The number of ether oxygens (including phenoxy) is 3. The molecule has 0 spiro atoms. The molecule has 1 aromatic heterocycles. The molecule has 0 aliphatic carbocycles. The molecule has 7 nitrogen and oxygen atoms in total. The Labute approximate surface area is 196 Å². The summed E-state index contributed by atoms with van der Waals surface area (Å²) in [5.41, 5.74) is 5.55. The summed E-state index contributed by atoms with van der Waals surface area (Å²) >= 11 is 7.87. The average Bonchev–Trinajstić information content (AvgIpc) is 3.26. The molecule has 168 valence electrons. The van der Waals surface area contributed by atoms with Crippen molar-refractivity contribution < 1.29 is 19.0 Å². The highest BCUT2D eigenvalue weighted by Gasteiger charge is 2.21. The van der Waals surface area contributed by atoms with Gasteiger partial charge in [-0.1, -0.05) is 41.9 Å². The van der Waals surface area contributed by atoms with Crippen molar-refractivity contribution in [2.75, 3.05) is 18.6 Å². The lowest BCUT2D eigenvalue weighted by atomic mass is 10.2. The minimum Gasteiger partial charge on any atom is -0.490 e. The molecule has 0 amide bonds. The second kappa shape index (κ2) is 11.5. The number of nitrogens with one attached hydrogen (secondary N) is 1. The van der Waals surface area contributed by atoms with E-state index < -0.39 is 12.1 Å². The molecule has 1 atom stereocenters. The molecule has 3 rings (SSSR count). The van der Waals surface area contributed by atoms with E-state index in [9.17, 15) is 4.79 Å². The van der Waals surface area contributed by atoms with Gasteiger partial charge < -0.3 is 14.2 Å². The van der Waals surface area contributed by atoms with Gasteiger partial charge in [-0.15, -0.1) is 11.3 Å². The van der Waals surface area contributed by atoms with Crippen LogP contribution in [0.4, 0.5) is 5.13 Å². The number of hydrogen-bond donors (Lipinski definition) is 1. The Kier molecular flexibility index (Phi) is 8.47. The van der Waals surface area contributed by atoms with Gasteiger partial charge in [-0.3, -0.25) is 5.43 Å². The fraction of sp³-hybridized carbons (Fsp3) is 0.261. The molecule has 1 unspecified atom stereocenters. The third-order valence-corrected chi connectivity index (χ3v) is 5.22. The molecule has 1 N–H and O–H groups in total. The van der Waals surface area contributed by atoms with Gasteiger partial charge in [-0.05, 0) is 38.5 Å². The van der Waals surface area contributed by atoms with E-state index in [-0.39, 0.29) is 12.4 Å². The van der Waals surface area contributed by atoms with E-state index in [0.29, 0.717) is 28.1 Å². The zero-order chi connectivity index (χ0) is 22.9. The summed E-state index contributed by atoms with van der Waals surface area (Å²) in [6.07, 6.45) is 0.785. The SMILES string of the molecule is CCOC(=O)C(C)Oc1c(Cl)cc(C=NNc2nc(-c3ccccc3)cs2)cc1OCC. The van der Waals surface area contributed by atoms with Gasteiger partial charge in [0.1, 0.15) is 0 Å². The number of aromatic nitrogens is 1. The molecule has 32 heavy (non-hydrogen) atoms. The first-order chi connectivity index (χ1) is 15.5. The molecule has 0 fully saturated rings. The summed E-state index contributed by atoms with van der Waals surface area (Å²) in [6, 6.07) is 13.3. The third kappa shape index (κ3) is 6.21. The first-order valence-corrected chi connectivity index (χ1v) is 11.4. The monoisotopic (exact) mass is 473 g/mol. The summed E-state index contributed by atoms with van der Waals surface area (Å²) in [5.74, 6) is 0.226. The number of anilines is 1. The first-order valence-electron chi connectivity index (χ1n) is 10.1. The van der Waals surface area contributed by atoms with Crippen molar-refractivity contribution in [3.8, 4) is 22.8 Å². The average molecular weight is 474 g/mol. The second-order valence-electron chi connectivity index (χ2n) is 6.55. The van der Waals surface area contributed by atoms with Crippen molar-refractivity contribution in [3.63, 3.8) is 0 Å². The minimum atomic E-state index is -0.823. The van der Waals surface area contributed by atoms with E-state index in [1.807, 2.05) is 42.6 Å². The van der Waals surface area contributed by atoms with E-state index in [0.717, 1.165) is 11.3 Å². The number of hydrogen-bond acceptors (Lipinski definition) is 8. The maximum atomic E-state index is 11.9. The van der Waals surface area contributed by atoms with E-state index in [1.54, 1.807) is 32.2 Å². The molecule has 0 aliphatic rings. The molecule has 9 heteroatoms. The Morgan fingerprint density at radius 1 is 1.25 bits per heavy atom. The van der Waals surface area contributed by atoms with Gasteiger partial charge in [-0.25, -0.2) is 9.78 Å². The van der Waals surface area contributed by atoms with Crippen molar-refractivity contribution in [1.29, 1.82) is 0 Å². The smallest absolute Gasteiger partial charge is 0.347 e. The second-order valence-corrected chi connectivity index (χ2v) is 7.81. The molecular weight excluding hydrogens is 450 g/mol. The Balaban J connectivity index is 1.72. The van der Waals surface area contributed by atoms with Crippen molar-refractivity contribution >= 4 is 40.3 Å². The van der Waals surface area contributed by atoms with Crippen LogP contribution in [0.5, 0.6) is 11.5 Å². The fourth-order valence-corrected chi connectivity index (χ4v) is 3.69. The van der Waals surface area contributed by atoms with Crippen LogP contribution < -0.4 is 14.9 Å². The van der Waals surface area contributed by atoms with E-state index in [2.05, 4.69) is 15.5 Å². The summed E-state index contributed by atoms with van der Waals surface area (Å²) in [7, 11) is 0. The van der Waals surface area contributed by atoms with Gasteiger partial charge in [0.15, 0.2) is 17.6 Å². The number of esters is 1. The summed E-state index contributed by atoms with van der Waals surface area (Å²) < 4.78 is 16.4. The van der Waals surface area contributed by atoms with Crippen molar-refractivity contribution in [2.45, 2.75) is 26.9 Å². The van der Waals surface area contributed by atoms with Gasteiger partial charge in [0.2, 0.25) is 5.13 Å². The van der Waals surface area contributed by atoms with Gasteiger partial charge in [0.25, 0.3) is 0 Å². The quantitative estimate of drug-likeness (QED) is 0.233. The Morgan fingerprint density at radius 3 is 2.75 bits per heavy atom. The number of halogens is 1. The van der Waals surface area contributed by atoms with Crippen LogP contribution >= 0.6 is 22.9 Å². The van der Waals surface area contributed by atoms with E-state index in [4.69, 9.17) is 25.8 Å². The number of thiazole rings is 1. The highest BCUT2D eigenvalue weighted by molar-refractivity contribution is 7.14. The Morgan fingerprint density at radius 2 is 2.03 bits per heavy atom. The highest BCUT2D eigenvalue weighted by Crippen LogP contribution is 2.37. The number of hydrazone groups is 1. The van der Waals surface area contributed by atoms with Crippen LogP contribution in [0, 0.1) is 0 Å². The van der Waals surface area contributed by atoms with Gasteiger partial charge in [0.05, 0.1) is 30.1 Å². The first kappa shape index (κ1) is 23.6. The molecule has 1 heterocycles. The third-order valence-electron chi connectivity index (χ3n) is 4.19. The van der Waals surface area contributed by atoms with Crippen LogP contribution in [0.1, 0.15) is 26.3 Å². The van der Waals surface area contributed by atoms with Crippen molar-refractivity contribution in [1.82, 2.24) is 4.98 Å². The number of nitrogens with zero attached hydrogens (tertiary/aromatic N) is 2. The lowest BCUT2D eigenvalue weighted by molar-refractivity contribution is -0.150. The molecule has 0 saturated carbocycles. The maximum Gasteiger partial charge on any atom is 0.347 e. The topological polar surface area (TPSA) is 82.0 Å². The lowest BCUT2D eigenvalue weighted by Crippen LogP contribution is -2.26. The largest absolute Gasteiger partial charge is 0.490 e. The minimum absolute atomic E-state index is 0.271. The number of carbonyl (C=O) groups excluding carboxylic acids is 1. The molecule has 0 saturated heterocycles. The Bertz CT molecular complexity index is 1070. The summed E-state index contributed by atoms with van der Waals surface area (Å²) in [6.45, 7) is 5.86. The molecule has 3 aromatic rings. The van der Waals surface area contributed by atoms with E-state index in [1.165, 1.54) is 11.3 Å². The van der Waals surface area contributed by atoms with Crippen LogP contribution in [0.2, 0.25) is 5.02 Å². The summed E-state index contributed by atoms with van der Waals surface area (Å²) in [4.78, 5) is 16.4. The summed E-state index contributed by atoms with van der Waals surface area (Å²) in [5, 5.41) is 7.18. The van der Waals surface area contributed by atoms with Gasteiger partial charge >= 0.3 is 5.97 Å². The zero-order valence-corrected chi connectivity index (χ0v) is 19.6. The number of rotatable bonds is 10. The molecule has 0 aliphatic heterocycles. The van der Waals surface area contributed by atoms with Crippen molar-refractivity contribution in [3.05, 3.63) is 58.4 Å². The molecule has 2 aromatic carbocycles. The predicted octanol–water partition coefficient (Wildman–Crippen LogP) is 5.64. The molecule has 0 radical (unpaired) electrons. The zero-order valence-electron chi connectivity index (χ0n) is 18.0. The van der Waals surface area contributed by atoms with Crippen molar-refractivity contribution in [2.24, 2.45) is 5.10 Å². The Hall–Kier alpha value is -3.10. The standard InChI is InChI=1S/C23H24ClN3O4S/c1-4-29-20-12-16(11-18(24)21(20)31-15(3)22(28)30-5-2)13-25-27-23-26-19(14-32-23)17-9-7-6-8-10-17/h6-15H,4-5H2,1-3H3,(H,26,27). The van der Waals surface area contributed by atoms with Crippen LogP contribution in [-0.2, 0) is 9.53 Å². The van der Waals surface area contributed by atoms with Gasteiger partial charge in [-0.2, -0.15) is 5.10 Å². The van der Waals surface area contributed by atoms with Gasteiger partial charge in [0, 0.05) is 10.9 Å². The predicted molar refractivity (Wildman–Crippen MR) is 128 cm³/mol. The van der Waals surface area contributed by atoms with Crippen LogP contribution in [0.15, 0.2) is 52.9 Å². The maximum absolute atomic E-state index is 11.9. The van der Waals surface area contributed by atoms with Crippen LogP contribution in [-0.4, -0.2) is 36.5 Å². The molecular formula is C23H24ClN3O4S. The van der Waals surface area contributed by atoms with Crippen LogP contribution in [0.25, 0.3) is 11.3 Å². The lowest BCUT2D eigenvalue weighted by Gasteiger charge is -2.18. The van der Waals surface area contributed by atoms with Crippen LogP contribution in [0.3, 0.4) is 0 Å². The number of benzene rings is 2. The van der Waals surface area contributed by atoms with E-state index >= 15 is 0 Å². The molecule has 0 bridgehead atoms. The number of carbonyl (C=O) groups is 1.